The first-order valence-corrected chi connectivity index (χ1v) is 5.47. The van der Waals surface area contributed by atoms with E-state index in [1.807, 2.05) is 18.2 Å². The lowest BCUT2D eigenvalue weighted by Crippen LogP contribution is -2.21. The first kappa shape index (κ1) is 10.3. The summed E-state index contributed by atoms with van der Waals surface area (Å²) >= 11 is 0. The van der Waals surface area contributed by atoms with Crippen molar-refractivity contribution >= 4 is 0 Å². The molecular weight excluding hydrogens is 190 g/mol. The molecule has 0 unspecified atom stereocenters. The van der Waals surface area contributed by atoms with Crippen LogP contribution in [0.15, 0.2) is 18.2 Å². The van der Waals surface area contributed by atoms with E-state index < -0.39 is 0 Å². The van der Waals surface area contributed by atoms with E-state index in [0.717, 1.165) is 36.5 Å². The highest BCUT2D eigenvalue weighted by molar-refractivity contribution is 5.48. The minimum atomic E-state index is 0.0823. The van der Waals surface area contributed by atoms with Gasteiger partial charge < -0.3 is 15.2 Å². The third-order valence-corrected chi connectivity index (χ3v) is 2.55. The van der Waals surface area contributed by atoms with Crippen LogP contribution in [0.3, 0.4) is 0 Å². The number of ether oxygens (including phenoxy) is 2. The Morgan fingerprint density at radius 3 is 3.20 bits per heavy atom. The molecule has 0 saturated carbocycles. The number of hydrogen-bond donors (Lipinski definition) is 1. The van der Waals surface area contributed by atoms with Gasteiger partial charge in [0.05, 0.1) is 13.2 Å². The minimum absolute atomic E-state index is 0.0823. The van der Waals surface area contributed by atoms with Crippen molar-refractivity contribution in [3.05, 3.63) is 23.8 Å². The second kappa shape index (κ2) is 4.53. The fourth-order valence-corrected chi connectivity index (χ4v) is 1.75. The Kier molecular flexibility index (Phi) is 3.11. The molecule has 82 valence electrons. The van der Waals surface area contributed by atoms with Crippen molar-refractivity contribution in [2.45, 2.75) is 25.8 Å². The number of hydrogen-bond acceptors (Lipinski definition) is 3. The van der Waals surface area contributed by atoms with Gasteiger partial charge in [0.15, 0.2) is 11.5 Å². The number of fused-ring (bicyclic) bond motifs is 1. The quantitative estimate of drug-likeness (QED) is 0.826. The summed E-state index contributed by atoms with van der Waals surface area (Å²) in [6, 6.07) is 6.00. The van der Waals surface area contributed by atoms with Gasteiger partial charge in [0.1, 0.15) is 0 Å². The molecular formula is C12H17NO2. The van der Waals surface area contributed by atoms with Crippen LogP contribution in [0.1, 0.15) is 31.4 Å². The highest BCUT2D eigenvalue weighted by Gasteiger charge is 2.21. The molecule has 3 nitrogen and oxygen atoms in total. The highest BCUT2D eigenvalue weighted by Crippen LogP contribution is 2.38. The fraction of sp³-hybridized carbons (Fsp3) is 0.500. The molecule has 1 aliphatic heterocycles. The van der Waals surface area contributed by atoms with Crippen LogP contribution in [0.5, 0.6) is 11.5 Å². The van der Waals surface area contributed by atoms with Crippen LogP contribution in [0.25, 0.3) is 0 Å². The lowest BCUT2D eigenvalue weighted by Gasteiger charge is -2.24. The molecule has 3 heteroatoms. The normalized spacial score (nSPS) is 19.2. The summed E-state index contributed by atoms with van der Waals surface area (Å²) in [5.41, 5.74) is 7.07. The molecule has 1 atom stereocenters. The summed E-state index contributed by atoms with van der Waals surface area (Å²) in [5, 5.41) is 0. The first-order valence-electron chi connectivity index (χ1n) is 5.47. The molecule has 0 bridgehead atoms. The molecule has 1 aromatic carbocycles. The van der Waals surface area contributed by atoms with Crippen LogP contribution in [0.4, 0.5) is 0 Å². The fourth-order valence-electron chi connectivity index (χ4n) is 1.75. The topological polar surface area (TPSA) is 44.5 Å². The van der Waals surface area contributed by atoms with Crippen LogP contribution in [0.2, 0.25) is 0 Å². The van der Waals surface area contributed by atoms with Gasteiger partial charge in [-0.05, 0) is 12.5 Å². The molecule has 0 amide bonds. The maximum atomic E-state index is 6.01. The summed E-state index contributed by atoms with van der Waals surface area (Å²) in [6.45, 7) is 3.48. The summed E-state index contributed by atoms with van der Waals surface area (Å²) in [5.74, 6) is 1.66. The predicted octanol–water partition coefficient (Wildman–Crippen LogP) is 2.26. The van der Waals surface area contributed by atoms with Crippen LogP contribution in [-0.4, -0.2) is 13.2 Å². The van der Waals surface area contributed by atoms with E-state index in [-0.39, 0.29) is 6.04 Å². The minimum Gasteiger partial charge on any atom is -0.490 e. The van der Waals surface area contributed by atoms with Gasteiger partial charge in [0.2, 0.25) is 0 Å². The van der Waals surface area contributed by atoms with Crippen molar-refractivity contribution in [2.75, 3.05) is 13.2 Å². The maximum Gasteiger partial charge on any atom is 0.165 e. The van der Waals surface area contributed by atoms with Crippen molar-refractivity contribution in [1.29, 1.82) is 0 Å². The summed E-state index contributed by atoms with van der Waals surface area (Å²) in [6.07, 6.45) is 1.87. The van der Waals surface area contributed by atoms with E-state index in [4.69, 9.17) is 15.2 Å². The van der Waals surface area contributed by atoms with Gasteiger partial charge >= 0.3 is 0 Å². The SMILES string of the molecule is CCCOc1cccc2c1OCC[C@@H]2N. The monoisotopic (exact) mass is 207 g/mol. The average Bonchev–Trinajstić information content (AvgIpc) is 2.27. The Balaban J connectivity index is 2.27. The lowest BCUT2D eigenvalue weighted by molar-refractivity contribution is 0.239. The molecule has 0 aromatic heterocycles. The Bertz CT molecular complexity index is 338. The van der Waals surface area contributed by atoms with Crippen molar-refractivity contribution in [3.8, 4) is 11.5 Å². The predicted molar refractivity (Wildman–Crippen MR) is 59.3 cm³/mol. The molecule has 2 N–H and O–H groups in total. The van der Waals surface area contributed by atoms with Gasteiger partial charge in [0.25, 0.3) is 0 Å². The largest absolute Gasteiger partial charge is 0.490 e. The molecule has 0 aliphatic carbocycles. The molecule has 15 heavy (non-hydrogen) atoms. The molecule has 0 spiro atoms. The first-order chi connectivity index (χ1) is 7.33. The number of para-hydroxylation sites is 1. The van der Waals surface area contributed by atoms with Gasteiger partial charge in [-0.2, -0.15) is 0 Å². The van der Waals surface area contributed by atoms with Gasteiger partial charge in [-0.1, -0.05) is 19.1 Å². The van der Waals surface area contributed by atoms with Crippen LogP contribution in [0, 0.1) is 0 Å². The van der Waals surface area contributed by atoms with E-state index in [9.17, 15) is 0 Å². The molecule has 0 radical (unpaired) electrons. The Labute approximate surface area is 90.2 Å². The molecule has 1 aliphatic rings. The Morgan fingerprint density at radius 2 is 2.40 bits per heavy atom. The van der Waals surface area contributed by atoms with E-state index in [2.05, 4.69) is 6.92 Å². The third kappa shape index (κ3) is 2.07. The van der Waals surface area contributed by atoms with E-state index in [1.54, 1.807) is 0 Å². The summed E-state index contributed by atoms with van der Waals surface area (Å²) in [4.78, 5) is 0. The van der Waals surface area contributed by atoms with E-state index in [0.29, 0.717) is 6.61 Å². The zero-order valence-electron chi connectivity index (χ0n) is 9.03. The van der Waals surface area contributed by atoms with Gasteiger partial charge in [0, 0.05) is 18.0 Å². The van der Waals surface area contributed by atoms with Crippen LogP contribution < -0.4 is 15.2 Å². The lowest BCUT2D eigenvalue weighted by atomic mass is 10.0. The summed E-state index contributed by atoms with van der Waals surface area (Å²) in [7, 11) is 0. The average molecular weight is 207 g/mol. The third-order valence-electron chi connectivity index (χ3n) is 2.55. The van der Waals surface area contributed by atoms with E-state index >= 15 is 0 Å². The zero-order valence-corrected chi connectivity index (χ0v) is 9.03. The summed E-state index contributed by atoms with van der Waals surface area (Å²) < 4.78 is 11.2. The maximum absolute atomic E-state index is 6.01. The highest BCUT2D eigenvalue weighted by atomic mass is 16.5. The molecule has 1 aromatic rings. The number of nitrogens with two attached hydrogens (primary N) is 1. The smallest absolute Gasteiger partial charge is 0.165 e. The van der Waals surface area contributed by atoms with E-state index in [1.165, 1.54) is 0 Å². The van der Waals surface area contributed by atoms with Crippen molar-refractivity contribution in [3.63, 3.8) is 0 Å². The van der Waals surface area contributed by atoms with Crippen LogP contribution in [-0.2, 0) is 0 Å². The second-order valence-corrected chi connectivity index (χ2v) is 3.77. The molecule has 1 heterocycles. The zero-order chi connectivity index (χ0) is 10.7. The number of rotatable bonds is 3. The van der Waals surface area contributed by atoms with Gasteiger partial charge in [-0.15, -0.1) is 0 Å². The molecule has 0 saturated heterocycles. The molecule has 0 fully saturated rings. The van der Waals surface area contributed by atoms with Crippen molar-refractivity contribution in [1.82, 2.24) is 0 Å². The molecule has 2 rings (SSSR count). The second-order valence-electron chi connectivity index (χ2n) is 3.77. The van der Waals surface area contributed by atoms with Crippen molar-refractivity contribution < 1.29 is 9.47 Å². The van der Waals surface area contributed by atoms with Gasteiger partial charge in [-0.25, -0.2) is 0 Å². The number of benzene rings is 1. The van der Waals surface area contributed by atoms with Gasteiger partial charge in [-0.3, -0.25) is 0 Å². The standard InChI is InChI=1S/C12H17NO2/c1-2-7-14-11-5-3-4-9-10(13)6-8-15-12(9)11/h3-5,10H,2,6-8,13H2,1H3/t10-/m0/s1. The van der Waals surface area contributed by atoms with Crippen LogP contribution >= 0.6 is 0 Å². The Morgan fingerprint density at radius 1 is 1.53 bits per heavy atom. The van der Waals surface area contributed by atoms with Crippen molar-refractivity contribution in [2.24, 2.45) is 5.73 Å². The Hall–Kier alpha value is -1.22.